The number of esters is 1. The second-order valence-electron chi connectivity index (χ2n) is 3.97. The van der Waals surface area contributed by atoms with Gasteiger partial charge in [-0.1, -0.05) is 12.1 Å². The van der Waals surface area contributed by atoms with Crippen LogP contribution in [-0.4, -0.2) is 18.1 Å². The van der Waals surface area contributed by atoms with Gasteiger partial charge in [0.05, 0.1) is 16.2 Å². The van der Waals surface area contributed by atoms with Gasteiger partial charge in [-0.2, -0.15) is 0 Å². The third-order valence-corrected chi connectivity index (χ3v) is 4.30. The number of methoxy groups -OCH3 is 1. The highest BCUT2D eigenvalue weighted by Gasteiger charge is 2.24. The zero-order valence-corrected chi connectivity index (χ0v) is 13.5. The molecule has 1 aromatic heterocycles. The monoisotopic (exact) mass is 388 g/mol. The number of aryl methyl sites for hydroxylation is 1. The molecule has 4 nitrogen and oxygen atoms in total. The number of nitrogens with zero attached hydrogens (tertiary/aromatic N) is 1. The van der Waals surface area contributed by atoms with Crippen LogP contribution in [-0.2, 0) is 9.53 Å². The van der Waals surface area contributed by atoms with Gasteiger partial charge in [0, 0.05) is 5.69 Å². The first-order valence-electron chi connectivity index (χ1n) is 5.62. The van der Waals surface area contributed by atoms with Crippen LogP contribution in [0.25, 0.3) is 0 Å². The first-order valence-corrected chi connectivity index (χ1v) is 7.52. The van der Waals surface area contributed by atoms with E-state index in [9.17, 15) is 4.79 Å². The number of rotatable bonds is 4. The maximum absolute atomic E-state index is 11.9. The molecule has 0 radical (unpaired) electrons. The molecular weight excluding hydrogens is 375 g/mol. The van der Waals surface area contributed by atoms with Gasteiger partial charge >= 0.3 is 5.97 Å². The molecule has 2 rings (SSSR count). The summed E-state index contributed by atoms with van der Waals surface area (Å²) in [4.78, 5) is 16.1. The quantitative estimate of drug-likeness (QED) is 0.645. The van der Waals surface area contributed by atoms with E-state index in [1.807, 2.05) is 31.2 Å². The van der Waals surface area contributed by atoms with Crippen molar-refractivity contribution in [2.75, 3.05) is 12.4 Å². The lowest BCUT2D eigenvalue weighted by atomic mass is 10.2. The zero-order valence-electron chi connectivity index (χ0n) is 10.5. The van der Waals surface area contributed by atoms with E-state index in [1.54, 1.807) is 6.20 Å². The van der Waals surface area contributed by atoms with Crippen molar-refractivity contribution in [3.05, 3.63) is 43.9 Å². The van der Waals surface area contributed by atoms with Crippen molar-refractivity contribution in [1.29, 1.82) is 0 Å². The van der Waals surface area contributed by atoms with Crippen LogP contribution in [0.4, 0.5) is 5.69 Å². The standard InChI is InChI=1S/C13H13IN2O2S/c1-8-4-3-5-9(6-8)16-11(13(17)18-2)12-15-7-10(14)19-12/h3-7,11,16H,1-2H3. The van der Waals surface area contributed by atoms with Crippen LogP contribution in [0.3, 0.4) is 0 Å². The van der Waals surface area contributed by atoms with Crippen LogP contribution in [0.2, 0.25) is 0 Å². The summed E-state index contributed by atoms with van der Waals surface area (Å²) in [6.45, 7) is 2.00. The molecule has 0 bridgehead atoms. The predicted molar refractivity (Wildman–Crippen MR) is 84.4 cm³/mol. The van der Waals surface area contributed by atoms with Crippen LogP contribution >= 0.6 is 33.9 Å². The summed E-state index contributed by atoms with van der Waals surface area (Å²) in [5.74, 6) is -0.341. The Morgan fingerprint density at radius 3 is 2.89 bits per heavy atom. The van der Waals surface area contributed by atoms with Gasteiger partial charge in [-0.25, -0.2) is 9.78 Å². The van der Waals surface area contributed by atoms with Crippen LogP contribution in [0.15, 0.2) is 30.5 Å². The number of halogens is 1. The lowest BCUT2D eigenvalue weighted by Gasteiger charge is -2.15. The van der Waals surface area contributed by atoms with Gasteiger partial charge in [-0.15, -0.1) is 11.3 Å². The minimum atomic E-state index is -0.569. The minimum Gasteiger partial charge on any atom is -0.467 e. The number of thiazole rings is 1. The average molecular weight is 388 g/mol. The predicted octanol–water partition coefficient (Wildman–Crippen LogP) is 3.38. The highest BCUT2D eigenvalue weighted by Crippen LogP contribution is 2.26. The molecule has 1 aromatic carbocycles. The number of benzene rings is 1. The largest absolute Gasteiger partial charge is 0.467 e. The molecule has 1 unspecified atom stereocenters. The molecule has 1 N–H and O–H groups in total. The summed E-state index contributed by atoms with van der Waals surface area (Å²) < 4.78 is 5.88. The third kappa shape index (κ3) is 3.66. The van der Waals surface area contributed by atoms with Crippen LogP contribution in [0, 0.1) is 9.81 Å². The van der Waals surface area contributed by atoms with Crippen LogP contribution in [0.5, 0.6) is 0 Å². The summed E-state index contributed by atoms with van der Waals surface area (Å²) in [5.41, 5.74) is 2.00. The number of ether oxygens (including phenoxy) is 1. The van der Waals surface area contributed by atoms with E-state index in [1.165, 1.54) is 18.4 Å². The van der Waals surface area contributed by atoms with E-state index in [0.29, 0.717) is 5.01 Å². The van der Waals surface area contributed by atoms with Crippen molar-refractivity contribution in [2.24, 2.45) is 0 Å². The Kier molecular flexibility index (Phi) is 4.76. The van der Waals surface area contributed by atoms with Crippen LogP contribution < -0.4 is 5.32 Å². The molecule has 0 amide bonds. The molecule has 0 spiro atoms. The molecule has 6 heteroatoms. The molecule has 19 heavy (non-hydrogen) atoms. The lowest BCUT2D eigenvalue weighted by Crippen LogP contribution is -2.22. The van der Waals surface area contributed by atoms with Crippen molar-refractivity contribution in [1.82, 2.24) is 4.98 Å². The summed E-state index contributed by atoms with van der Waals surface area (Å²) in [6, 6.07) is 7.28. The number of hydrogen-bond donors (Lipinski definition) is 1. The normalized spacial score (nSPS) is 11.9. The summed E-state index contributed by atoms with van der Waals surface area (Å²) >= 11 is 3.66. The summed E-state index contributed by atoms with van der Waals surface area (Å²) in [6.07, 6.45) is 1.74. The fourth-order valence-electron chi connectivity index (χ4n) is 1.64. The topological polar surface area (TPSA) is 51.2 Å². The first-order chi connectivity index (χ1) is 9.10. The van der Waals surface area contributed by atoms with Gasteiger partial charge in [0.2, 0.25) is 0 Å². The molecule has 0 aliphatic heterocycles. The van der Waals surface area contributed by atoms with E-state index in [2.05, 4.69) is 32.9 Å². The Labute approximate surface area is 129 Å². The molecule has 1 atom stereocenters. The van der Waals surface area contributed by atoms with E-state index in [-0.39, 0.29) is 5.97 Å². The highest BCUT2D eigenvalue weighted by atomic mass is 127. The average Bonchev–Trinajstić information content (AvgIpc) is 2.81. The Balaban J connectivity index is 2.26. The van der Waals surface area contributed by atoms with E-state index in [0.717, 1.165) is 14.1 Å². The molecule has 1 heterocycles. The van der Waals surface area contributed by atoms with Gasteiger partial charge in [0.1, 0.15) is 5.01 Å². The second kappa shape index (κ2) is 6.33. The van der Waals surface area contributed by atoms with E-state index in [4.69, 9.17) is 4.74 Å². The number of carbonyl (C=O) groups excluding carboxylic acids is 1. The number of aromatic nitrogens is 1. The molecule has 0 aliphatic rings. The van der Waals surface area contributed by atoms with Gasteiger partial charge in [0.15, 0.2) is 6.04 Å². The molecule has 0 saturated heterocycles. The second-order valence-corrected chi connectivity index (χ2v) is 6.93. The Morgan fingerprint density at radius 1 is 1.53 bits per heavy atom. The number of anilines is 1. The Bertz CT molecular complexity index is 586. The highest BCUT2D eigenvalue weighted by molar-refractivity contribution is 14.1. The number of hydrogen-bond acceptors (Lipinski definition) is 5. The smallest absolute Gasteiger partial charge is 0.335 e. The van der Waals surface area contributed by atoms with Crippen LogP contribution in [0.1, 0.15) is 16.6 Å². The van der Waals surface area contributed by atoms with Gasteiger partial charge in [0.25, 0.3) is 0 Å². The zero-order chi connectivity index (χ0) is 13.8. The molecule has 0 aliphatic carbocycles. The molecule has 2 aromatic rings. The van der Waals surface area contributed by atoms with Crippen molar-refractivity contribution in [2.45, 2.75) is 13.0 Å². The lowest BCUT2D eigenvalue weighted by molar-refractivity contribution is -0.141. The maximum atomic E-state index is 11.9. The fraction of sp³-hybridized carbons (Fsp3) is 0.231. The van der Waals surface area contributed by atoms with Crippen molar-refractivity contribution in [3.63, 3.8) is 0 Å². The number of nitrogens with one attached hydrogen (secondary N) is 1. The first kappa shape index (κ1) is 14.3. The van der Waals surface area contributed by atoms with Crippen molar-refractivity contribution < 1.29 is 9.53 Å². The Hall–Kier alpha value is -1.15. The Morgan fingerprint density at radius 2 is 2.32 bits per heavy atom. The number of carbonyl (C=O) groups is 1. The summed E-state index contributed by atoms with van der Waals surface area (Å²) in [7, 11) is 1.38. The van der Waals surface area contributed by atoms with Crippen molar-refractivity contribution >= 4 is 45.6 Å². The fourth-order valence-corrected chi connectivity index (χ4v) is 3.14. The van der Waals surface area contributed by atoms with Gasteiger partial charge < -0.3 is 10.1 Å². The molecule has 0 fully saturated rings. The molecule has 0 saturated carbocycles. The van der Waals surface area contributed by atoms with Gasteiger partial charge in [-0.3, -0.25) is 0 Å². The van der Waals surface area contributed by atoms with E-state index >= 15 is 0 Å². The summed E-state index contributed by atoms with van der Waals surface area (Å²) in [5, 5.41) is 3.88. The molecule has 100 valence electrons. The maximum Gasteiger partial charge on any atom is 0.335 e. The van der Waals surface area contributed by atoms with Gasteiger partial charge in [-0.05, 0) is 47.2 Å². The molecular formula is C13H13IN2O2S. The third-order valence-electron chi connectivity index (χ3n) is 2.51. The SMILES string of the molecule is COC(=O)C(Nc1cccc(C)c1)c1ncc(I)s1. The minimum absolute atomic E-state index is 0.341. The van der Waals surface area contributed by atoms with E-state index < -0.39 is 6.04 Å². The van der Waals surface area contributed by atoms with Crippen molar-refractivity contribution in [3.8, 4) is 0 Å².